The number of aromatic nitrogens is 2. The van der Waals surface area contributed by atoms with Crippen LogP contribution in [0.15, 0.2) is 12.4 Å². The number of nitrogens with one attached hydrogen (secondary N) is 1. The molecule has 0 saturated carbocycles. The fourth-order valence-corrected chi connectivity index (χ4v) is 3.80. The van der Waals surface area contributed by atoms with Gasteiger partial charge in [0.15, 0.2) is 0 Å². The Morgan fingerprint density at radius 1 is 1.39 bits per heavy atom. The Morgan fingerprint density at radius 2 is 2.09 bits per heavy atom. The number of carbonyl (C=O) groups excluding carboxylic acids is 1. The largest absolute Gasteiger partial charge is 0.368 e. The summed E-state index contributed by atoms with van der Waals surface area (Å²) in [4.78, 5) is 15.0. The number of methoxy groups -OCH3 is 1. The van der Waals surface area contributed by atoms with E-state index in [1.807, 2.05) is 15.8 Å². The van der Waals surface area contributed by atoms with Gasteiger partial charge < -0.3 is 15.0 Å². The summed E-state index contributed by atoms with van der Waals surface area (Å²) in [5.74, 6) is 0.704. The van der Waals surface area contributed by atoms with E-state index in [1.165, 1.54) is 5.56 Å². The summed E-state index contributed by atoms with van der Waals surface area (Å²) >= 11 is 0. The van der Waals surface area contributed by atoms with Crippen molar-refractivity contribution in [2.24, 2.45) is 0 Å². The number of ether oxygens (including phenoxy) is 1. The summed E-state index contributed by atoms with van der Waals surface area (Å²) in [7, 11) is 1.68. The number of rotatable bonds is 4. The average Bonchev–Trinajstić information content (AvgIpc) is 3.11. The highest BCUT2D eigenvalue weighted by Crippen LogP contribution is 2.31. The van der Waals surface area contributed by atoms with E-state index >= 15 is 0 Å². The lowest BCUT2D eigenvalue weighted by atomic mass is 9.87. The van der Waals surface area contributed by atoms with E-state index in [9.17, 15) is 4.79 Å². The molecule has 128 valence electrons. The van der Waals surface area contributed by atoms with Crippen molar-refractivity contribution < 1.29 is 9.53 Å². The molecular formula is C17H28N4O2. The third-order valence-electron chi connectivity index (χ3n) is 5.42. The highest BCUT2D eigenvalue weighted by atomic mass is 16.5. The van der Waals surface area contributed by atoms with Gasteiger partial charge in [-0.1, -0.05) is 0 Å². The second kappa shape index (κ2) is 7.01. The summed E-state index contributed by atoms with van der Waals surface area (Å²) in [5, 5.41) is 7.68. The molecule has 1 amide bonds. The molecular weight excluding hydrogens is 292 g/mol. The SMILES string of the molecule is CCn1cc(C2CCN(C(=O)C3(OC)CCNCC3)CC2)cn1. The maximum Gasteiger partial charge on any atom is 0.254 e. The summed E-state index contributed by atoms with van der Waals surface area (Å²) in [6, 6.07) is 0. The molecule has 0 bridgehead atoms. The van der Waals surface area contributed by atoms with Gasteiger partial charge in [-0.05, 0) is 57.2 Å². The number of hydrogen-bond acceptors (Lipinski definition) is 4. The summed E-state index contributed by atoms with van der Waals surface area (Å²) < 4.78 is 7.65. The van der Waals surface area contributed by atoms with Gasteiger partial charge in [-0.15, -0.1) is 0 Å². The molecule has 6 heteroatoms. The Balaban J connectivity index is 1.60. The molecule has 0 spiro atoms. The topological polar surface area (TPSA) is 59.4 Å². The quantitative estimate of drug-likeness (QED) is 0.910. The molecule has 0 aliphatic carbocycles. The maximum absolute atomic E-state index is 13.0. The number of nitrogens with zero attached hydrogens (tertiary/aromatic N) is 3. The first-order valence-corrected chi connectivity index (χ1v) is 8.76. The minimum absolute atomic E-state index is 0.184. The van der Waals surface area contributed by atoms with Gasteiger partial charge in [0.2, 0.25) is 0 Å². The average molecular weight is 320 g/mol. The number of hydrogen-bond donors (Lipinski definition) is 1. The first-order valence-electron chi connectivity index (χ1n) is 8.76. The van der Waals surface area contributed by atoms with Crippen LogP contribution in [0.2, 0.25) is 0 Å². The van der Waals surface area contributed by atoms with Crippen LogP contribution in [0, 0.1) is 0 Å². The molecule has 2 saturated heterocycles. The van der Waals surface area contributed by atoms with E-state index in [1.54, 1.807) is 7.11 Å². The minimum atomic E-state index is -0.606. The van der Waals surface area contributed by atoms with Crippen molar-refractivity contribution in [3.63, 3.8) is 0 Å². The van der Waals surface area contributed by atoms with Gasteiger partial charge in [0.1, 0.15) is 5.60 Å². The van der Waals surface area contributed by atoms with Crippen LogP contribution in [0.3, 0.4) is 0 Å². The zero-order chi connectivity index (χ0) is 16.3. The predicted molar refractivity (Wildman–Crippen MR) is 88.3 cm³/mol. The van der Waals surface area contributed by atoms with E-state index < -0.39 is 5.60 Å². The second-order valence-electron chi connectivity index (χ2n) is 6.64. The Kier molecular flexibility index (Phi) is 5.02. The molecule has 1 aromatic rings. The van der Waals surface area contributed by atoms with Crippen molar-refractivity contribution in [3.05, 3.63) is 18.0 Å². The Labute approximate surface area is 138 Å². The van der Waals surface area contributed by atoms with Crippen molar-refractivity contribution >= 4 is 5.91 Å². The van der Waals surface area contributed by atoms with Crippen LogP contribution in [-0.2, 0) is 16.1 Å². The lowest BCUT2D eigenvalue weighted by molar-refractivity contribution is -0.159. The van der Waals surface area contributed by atoms with E-state index in [4.69, 9.17) is 4.74 Å². The van der Waals surface area contributed by atoms with Crippen molar-refractivity contribution in [2.45, 2.75) is 50.7 Å². The van der Waals surface area contributed by atoms with E-state index in [2.05, 4.69) is 23.5 Å². The molecule has 1 aromatic heterocycles. The van der Waals surface area contributed by atoms with Crippen LogP contribution in [0.5, 0.6) is 0 Å². The van der Waals surface area contributed by atoms with Crippen LogP contribution in [0.1, 0.15) is 44.1 Å². The number of carbonyl (C=O) groups is 1. The van der Waals surface area contributed by atoms with Crippen LogP contribution < -0.4 is 5.32 Å². The molecule has 6 nitrogen and oxygen atoms in total. The lowest BCUT2D eigenvalue weighted by Crippen LogP contribution is -2.56. The normalized spacial score (nSPS) is 22.3. The molecule has 2 fully saturated rings. The van der Waals surface area contributed by atoms with Gasteiger partial charge in [-0.25, -0.2) is 0 Å². The van der Waals surface area contributed by atoms with E-state index in [0.717, 1.165) is 58.4 Å². The number of amides is 1. The zero-order valence-electron chi connectivity index (χ0n) is 14.3. The highest BCUT2D eigenvalue weighted by Gasteiger charge is 2.43. The molecule has 3 rings (SSSR count). The van der Waals surface area contributed by atoms with Crippen molar-refractivity contribution in [3.8, 4) is 0 Å². The third kappa shape index (κ3) is 3.28. The Bertz CT molecular complexity index is 528. The van der Waals surface area contributed by atoms with Gasteiger partial charge in [0, 0.05) is 32.9 Å². The van der Waals surface area contributed by atoms with Crippen LogP contribution >= 0.6 is 0 Å². The molecule has 0 atom stereocenters. The van der Waals surface area contributed by atoms with Crippen LogP contribution in [0.25, 0.3) is 0 Å². The predicted octanol–water partition coefficient (Wildman–Crippen LogP) is 1.38. The Hall–Kier alpha value is -1.40. The molecule has 23 heavy (non-hydrogen) atoms. The van der Waals surface area contributed by atoms with Crippen LogP contribution in [-0.4, -0.2) is 59.5 Å². The third-order valence-corrected chi connectivity index (χ3v) is 5.42. The van der Waals surface area contributed by atoms with Gasteiger partial charge in [-0.2, -0.15) is 5.10 Å². The van der Waals surface area contributed by atoms with Crippen molar-refractivity contribution in [2.75, 3.05) is 33.3 Å². The zero-order valence-corrected chi connectivity index (χ0v) is 14.3. The number of piperidine rings is 2. The maximum atomic E-state index is 13.0. The standard InChI is InChI=1S/C17H28N4O2/c1-3-21-13-15(12-19-21)14-4-10-20(11-5-14)16(22)17(23-2)6-8-18-9-7-17/h12-14,18H,3-11H2,1-2H3. The summed E-state index contributed by atoms with van der Waals surface area (Å²) in [6.07, 6.45) is 7.69. The summed E-state index contributed by atoms with van der Waals surface area (Å²) in [5.41, 5.74) is 0.702. The highest BCUT2D eigenvalue weighted by molar-refractivity contribution is 5.85. The molecule has 1 N–H and O–H groups in total. The smallest absolute Gasteiger partial charge is 0.254 e. The monoisotopic (exact) mass is 320 g/mol. The molecule has 2 aliphatic rings. The van der Waals surface area contributed by atoms with Gasteiger partial charge in [0.25, 0.3) is 5.91 Å². The van der Waals surface area contributed by atoms with Crippen molar-refractivity contribution in [1.29, 1.82) is 0 Å². The van der Waals surface area contributed by atoms with Gasteiger partial charge in [-0.3, -0.25) is 9.48 Å². The molecule has 3 heterocycles. The first kappa shape index (κ1) is 16.5. The van der Waals surface area contributed by atoms with Gasteiger partial charge in [0.05, 0.1) is 6.20 Å². The fourth-order valence-electron chi connectivity index (χ4n) is 3.80. The van der Waals surface area contributed by atoms with Gasteiger partial charge >= 0.3 is 0 Å². The van der Waals surface area contributed by atoms with E-state index in [-0.39, 0.29) is 5.91 Å². The van der Waals surface area contributed by atoms with Crippen molar-refractivity contribution in [1.82, 2.24) is 20.0 Å². The molecule has 0 aromatic carbocycles. The minimum Gasteiger partial charge on any atom is -0.368 e. The Morgan fingerprint density at radius 3 is 2.65 bits per heavy atom. The molecule has 0 unspecified atom stereocenters. The number of likely N-dealkylation sites (tertiary alicyclic amines) is 1. The lowest BCUT2D eigenvalue weighted by Gasteiger charge is -2.41. The van der Waals surface area contributed by atoms with E-state index in [0.29, 0.717) is 5.92 Å². The van der Waals surface area contributed by atoms with Crippen LogP contribution in [0.4, 0.5) is 0 Å². The fraction of sp³-hybridized carbons (Fsp3) is 0.765. The first-order chi connectivity index (χ1) is 11.2. The second-order valence-corrected chi connectivity index (χ2v) is 6.64. The molecule has 0 radical (unpaired) electrons. The number of aryl methyl sites for hydroxylation is 1. The summed E-state index contributed by atoms with van der Waals surface area (Å²) in [6.45, 7) is 6.35. The molecule has 2 aliphatic heterocycles.